The summed E-state index contributed by atoms with van der Waals surface area (Å²) in [6.45, 7) is 1.23. The van der Waals surface area contributed by atoms with Gasteiger partial charge in [0.25, 0.3) is 5.56 Å². The number of esters is 1. The molecule has 0 fully saturated rings. The molecule has 1 aliphatic heterocycles. The molecule has 0 amide bonds. The van der Waals surface area contributed by atoms with Gasteiger partial charge < -0.3 is 9.47 Å². The van der Waals surface area contributed by atoms with Gasteiger partial charge in [-0.1, -0.05) is 56.9 Å². The van der Waals surface area contributed by atoms with Crippen LogP contribution in [0.2, 0.25) is 5.02 Å². The fraction of sp³-hybridized carbons (Fsp3) is 0.192. The van der Waals surface area contributed by atoms with E-state index in [1.807, 2.05) is 0 Å². The Morgan fingerprint density at radius 2 is 1.97 bits per heavy atom. The number of halogens is 6. The summed E-state index contributed by atoms with van der Waals surface area (Å²) >= 11 is 13.5. The van der Waals surface area contributed by atoms with Crippen LogP contribution in [0.4, 0.5) is 13.2 Å². The predicted molar refractivity (Wildman–Crippen MR) is 148 cm³/mol. The van der Waals surface area contributed by atoms with Crippen molar-refractivity contribution in [3.63, 3.8) is 0 Å². The Balaban J connectivity index is 2.05. The van der Waals surface area contributed by atoms with Gasteiger partial charge in [-0.25, -0.2) is 9.79 Å². The van der Waals surface area contributed by atoms with E-state index in [1.54, 1.807) is 12.1 Å². The molecule has 0 saturated heterocycles. The smallest absolute Gasteiger partial charge is 0.434 e. The molecular formula is C26H16Br2ClF3N2O4S. The summed E-state index contributed by atoms with van der Waals surface area (Å²) in [4.78, 5) is 30.2. The topological polar surface area (TPSA) is 69.9 Å². The number of allylic oxidation sites excluding steroid dienone is 1. The monoisotopic (exact) mass is 702 g/mol. The highest BCUT2D eigenvalue weighted by Crippen LogP contribution is 2.39. The normalized spacial score (nSPS) is 15.4. The second kappa shape index (κ2) is 11.7. The molecule has 13 heteroatoms. The van der Waals surface area contributed by atoms with Gasteiger partial charge in [0.1, 0.15) is 12.4 Å². The van der Waals surface area contributed by atoms with E-state index >= 15 is 0 Å². The highest BCUT2D eigenvalue weighted by molar-refractivity contribution is 9.11. The lowest BCUT2D eigenvalue weighted by atomic mass is 9.95. The summed E-state index contributed by atoms with van der Waals surface area (Å²) in [5.41, 5.74) is -2.25. The van der Waals surface area contributed by atoms with Gasteiger partial charge in [-0.3, -0.25) is 9.36 Å². The number of thiazole rings is 1. The largest absolute Gasteiger partial charge is 0.479 e. The molecule has 3 aromatic rings. The third-order valence-corrected chi connectivity index (χ3v) is 7.69. The predicted octanol–water partition coefficient (Wildman–Crippen LogP) is 5.53. The van der Waals surface area contributed by atoms with Gasteiger partial charge in [-0.05, 0) is 58.8 Å². The molecule has 2 aromatic carbocycles. The first-order chi connectivity index (χ1) is 18.5. The number of alkyl halides is 3. The van der Waals surface area contributed by atoms with E-state index in [4.69, 9.17) is 27.5 Å². The average Bonchev–Trinajstić information content (AvgIpc) is 3.17. The van der Waals surface area contributed by atoms with Crippen LogP contribution in [0.15, 0.2) is 66.4 Å². The molecular weight excluding hydrogens is 689 g/mol. The Morgan fingerprint density at radius 1 is 1.28 bits per heavy atom. The van der Waals surface area contributed by atoms with Crippen LogP contribution in [0.25, 0.3) is 6.08 Å². The fourth-order valence-corrected chi connectivity index (χ4v) is 6.39. The van der Waals surface area contributed by atoms with Crippen molar-refractivity contribution in [2.24, 2.45) is 4.99 Å². The molecule has 0 radical (unpaired) electrons. The van der Waals surface area contributed by atoms with Gasteiger partial charge in [0.2, 0.25) is 0 Å². The first-order valence-electron chi connectivity index (χ1n) is 11.1. The van der Waals surface area contributed by atoms with Gasteiger partial charge in [0.05, 0.1) is 27.2 Å². The standard InChI is InChI=1S/C26H16Br2ClF3N2O4S/c1-3-9-38-21-14(10-15(27)12-17(21)28)11-18-23(35)34-20(13-5-7-16(29)8-6-13)19(24(36)37-4-2)22(26(30,31)32)33-25(34)39-18/h1,5-8,10-12,20H,4,9H2,2H3/b18-11-/t20-/m1/s1. The van der Waals surface area contributed by atoms with Crippen LogP contribution in [0.1, 0.15) is 24.1 Å². The zero-order valence-corrected chi connectivity index (χ0v) is 24.6. The number of ether oxygens (including phenoxy) is 2. The van der Waals surface area contributed by atoms with Crippen molar-refractivity contribution < 1.29 is 27.4 Å². The summed E-state index contributed by atoms with van der Waals surface area (Å²) in [5, 5.41) is 0.323. The zero-order chi connectivity index (χ0) is 28.5. The van der Waals surface area contributed by atoms with Gasteiger partial charge >= 0.3 is 12.1 Å². The van der Waals surface area contributed by atoms with Gasteiger partial charge in [0, 0.05) is 15.1 Å². The van der Waals surface area contributed by atoms with Crippen molar-refractivity contribution >= 4 is 66.8 Å². The van der Waals surface area contributed by atoms with Gasteiger partial charge in [0.15, 0.2) is 10.5 Å². The third-order valence-electron chi connectivity index (χ3n) is 5.40. The third kappa shape index (κ3) is 6.01. The molecule has 0 saturated carbocycles. The number of aromatic nitrogens is 1. The maximum absolute atomic E-state index is 14.2. The summed E-state index contributed by atoms with van der Waals surface area (Å²) in [6, 6.07) is 7.71. The number of nitrogens with zero attached hydrogens (tertiary/aromatic N) is 2. The number of hydrogen-bond donors (Lipinski definition) is 0. The number of fused-ring (bicyclic) bond motifs is 1. The molecule has 2 heterocycles. The van der Waals surface area contributed by atoms with Crippen molar-refractivity contribution in [3.8, 4) is 18.1 Å². The van der Waals surface area contributed by atoms with E-state index in [0.717, 1.165) is 15.9 Å². The van der Waals surface area contributed by atoms with Crippen molar-refractivity contribution in [3.05, 3.63) is 92.5 Å². The molecule has 1 aromatic heterocycles. The minimum Gasteiger partial charge on any atom is -0.479 e. The molecule has 4 rings (SSSR count). The molecule has 39 heavy (non-hydrogen) atoms. The summed E-state index contributed by atoms with van der Waals surface area (Å²) in [6.07, 6.45) is 1.78. The van der Waals surface area contributed by atoms with E-state index in [0.29, 0.717) is 25.3 Å². The van der Waals surface area contributed by atoms with Crippen molar-refractivity contribution in [1.29, 1.82) is 0 Å². The molecule has 0 N–H and O–H groups in total. The number of carbonyl (C=O) groups is 1. The van der Waals surface area contributed by atoms with E-state index in [9.17, 15) is 22.8 Å². The highest BCUT2D eigenvalue weighted by atomic mass is 79.9. The lowest BCUT2D eigenvalue weighted by Crippen LogP contribution is -2.41. The molecule has 0 unspecified atom stereocenters. The second-order valence-electron chi connectivity index (χ2n) is 7.91. The lowest BCUT2D eigenvalue weighted by molar-refractivity contribution is -0.140. The van der Waals surface area contributed by atoms with E-state index in [1.165, 1.54) is 37.3 Å². The SMILES string of the molecule is C#CCOc1c(Br)cc(Br)cc1/C=c1\sc2n(c1=O)[C@H](c1ccc(Cl)cc1)C(C(=O)OCC)=C(C(F)(F)F)N=2. The van der Waals surface area contributed by atoms with Gasteiger partial charge in [-0.15, -0.1) is 6.42 Å². The highest BCUT2D eigenvalue weighted by Gasteiger charge is 2.45. The molecule has 0 bridgehead atoms. The Kier molecular flexibility index (Phi) is 8.75. The van der Waals surface area contributed by atoms with Crippen LogP contribution in [0, 0.1) is 12.3 Å². The number of terminal acetylenes is 1. The average molecular weight is 705 g/mol. The van der Waals surface area contributed by atoms with Crippen molar-refractivity contribution in [1.82, 2.24) is 4.57 Å². The van der Waals surface area contributed by atoms with E-state index in [-0.39, 0.29) is 28.1 Å². The Hall–Kier alpha value is -2.85. The fourth-order valence-electron chi connectivity index (χ4n) is 3.90. The Morgan fingerprint density at radius 3 is 2.59 bits per heavy atom. The van der Waals surface area contributed by atoms with Crippen LogP contribution < -0.4 is 19.6 Å². The Labute approximate surface area is 245 Å². The first-order valence-corrected chi connectivity index (χ1v) is 13.8. The maximum Gasteiger partial charge on any atom is 0.434 e. The van der Waals surface area contributed by atoms with Crippen molar-refractivity contribution in [2.45, 2.75) is 19.1 Å². The van der Waals surface area contributed by atoms with E-state index < -0.39 is 35.0 Å². The van der Waals surface area contributed by atoms with E-state index in [2.05, 4.69) is 42.8 Å². The van der Waals surface area contributed by atoms with Crippen LogP contribution in [0.5, 0.6) is 5.75 Å². The van der Waals surface area contributed by atoms with Crippen molar-refractivity contribution in [2.75, 3.05) is 13.2 Å². The number of benzene rings is 2. The molecule has 6 nitrogen and oxygen atoms in total. The molecule has 0 aliphatic carbocycles. The van der Waals surface area contributed by atoms with Crippen LogP contribution in [0.3, 0.4) is 0 Å². The number of rotatable bonds is 6. The molecule has 0 spiro atoms. The van der Waals surface area contributed by atoms with Gasteiger partial charge in [-0.2, -0.15) is 13.2 Å². The number of carbonyl (C=O) groups excluding carboxylic acids is 1. The minimum atomic E-state index is -5.01. The quantitative estimate of drug-likeness (QED) is 0.250. The number of hydrogen-bond acceptors (Lipinski definition) is 6. The summed E-state index contributed by atoms with van der Waals surface area (Å²) in [5.74, 6) is 1.46. The second-order valence-corrected chi connectivity index (χ2v) is 11.1. The van der Waals surface area contributed by atoms with Crippen LogP contribution in [-0.4, -0.2) is 29.9 Å². The summed E-state index contributed by atoms with van der Waals surface area (Å²) < 4.78 is 55.6. The Bertz CT molecular complexity index is 1710. The summed E-state index contributed by atoms with van der Waals surface area (Å²) in [7, 11) is 0. The van der Waals surface area contributed by atoms with Crippen LogP contribution in [-0.2, 0) is 9.53 Å². The minimum absolute atomic E-state index is 0.0508. The molecule has 1 atom stereocenters. The molecule has 202 valence electrons. The zero-order valence-electron chi connectivity index (χ0n) is 19.8. The maximum atomic E-state index is 14.2. The first kappa shape index (κ1) is 29.1. The lowest BCUT2D eigenvalue weighted by Gasteiger charge is -2.26. The molecule has 1 aliphatic rings. The van der Waals surface area contributed by atoms with Crippen LogP contribution >= 0.6 is 54.8 Å².